The van der Waals surface area contributed by atoms with Crippen LogP contribution in [0.25, 0.3) is 0 Å². The highest BCUT2D eigenvalue weighted by atomic mass is 32.1. The van der Waals surface area contributed by atoms with Gasteiger partial charge in [0.05, 0.1) is 18.7 Å². The lowest BCUT2D eigenvalue weighted by atomic mass is 10.0. The predicted molar refractivity (Wildman–Crippen MR) is 70.6 cm³/mol. The second kappa shape index (κ2) is 4.85. The summed E-state index contributed by atoms with van der Waals surface area (Å²) in [4.78, 5) is 12.8. The first-order chi connectivity index (χ1) is 8.13. The molecule has 2 heterocycles. The zero-order valence-electron chi connectivity index (χ0n) is 9.44. The maximum atomic E-state index is 11.8. The summed E-state index contributed by atoms with van der Waals surface area (Å²) in [5.41, 5.74) is 1.31. The number of carbonyl (C=O) groups excluding carboxylic acids is 1. The molecule has 4 nitrogen and oxygen atoms in total. The van der Waals surface area contributed by atoms with Gasteiger partial charge in [0.1, 0.15) is 0 Å². The molecular weight excluding hydrogens is 256 g/mol. The average molecular weight is 268 g/mol. The van der Waals surface area contributed by atoms with Gasteiger partial charge in [-0.3, -0.25) is 0 Å². The lowest BCUT2D eigenvalue weighted by molar-refractivity contribution is -0.136. The van der Waals surface area contributed by atoms with Crippen LogP contribution in [0, 0.1) is 0 Å². The van der Waals surface area contributed by atoms with Gasteiger partial charge in [-0.2, -0.15) is 0 Å². The van der Waals surface area contributed by atoms with Crippen LogP contribution in [0.15, 0.2) is 28.8 Å². The monoisotopic (exact) mass is 268 g/mol. The van der Waals surface area contributed by atoms with Gasteiger partial charge in [0.15, 0.2) is 5.11 Å². The van der Waals surface area contributed by atoms with Gasteiger partial charge in [0.25, 0.3) is 0 Å². The normalized spacial score (nSPS) is 19.6. The summed E-state index contributed by atoms with van der Waals surface area (Å²) in [6, 6.07) is 3.68. The van der Waals surface area contributed by atoms with Crippen molar-refractivity contribution in [3.63, 3.8) is 0 Å². The van der Waals surface area contributed by atoms with Crippen LogP contribution in [0.4, 0.5) is 0 Å². The predicted octanol–water partition coefficient (Wildman–Crippen LogP) is 1.71. The minimum Gasteiger partial charge on any atom is -0.466 e. The molecule has 17 heavy (non-hydrogen) atoms. The molecule has 2 rings (SSSR count). The van der Waals surface area contributed by atoms with Crippen molar-refractivity contribution in [1.82, 2.24) is 10.6 Å². The van der Waals surface area contributed by atoms with Crippen LogP contribution in [-0.4, -0.2) is 18.2 Å². The zero-order valence-corrected chi connectivity index (χ0v) is 11.1. The molecule has 0 aliphatic carbocycles. The van der Waals surface area contributed by atoms with E-state index in [1.807, 2.05) is 24.4 Å². The molecule has 1 aromatic rings. The summed E-state index contributed by atoms with van der Waals surface area (Å²) < 4.78 is 4.81. The Morgan fingerprint density at radius 2 is 2.35 bits per heavy atom. The van der Waals surface area contributed by atoms with Crippen molar-refractivity contribution < 1.29 is 9.53 Å². The molecule has 0 spiro atoms. The van der Waals surface area contributed by atoms with Gasteiger partial charge in [-0.1, -0.05) is 6.07 Å². The van der Waals surface area contributed by atoms with Crippen LogP contribution in [0.1, 0.15) is 17.8 Å². The van der Waals surface area contributed by atoms with Gasteiger partial charge in [-0.05, 0) is 30.6 Å². The minimum absolute atomic E-state index is 0.226. The third-order valence-corrected chi connectivity index (χ3v) is 3.66. The van der Waals surface area contributed by atoms with Crippen LogP contribution in [0.3, 0.4) is 0 Å². The van der Waals surface area contributed by atoms with E-state index in [2.05, 4.69) is 10.6 Å². The third-order valence-electron chi connectivity index (χ3n) is 2.50. The highest BCUT2D eigenvalue weighted by Gasteiger charge is 2.30. The Kier molecular flexibility index (Phi) is 3.44. The summed E-state index contributed by atoms with van der Waals surface area (Å²) in [5, 5.41) is 8.51. The van der Waals surface area contributed by atoms with Gasteiger partial charge < -0.3 is 15.4 Å². The molecule has 2 N–H and O–H groups in total. The van der Waals surface area contributed by atoms with Gasteiger partial charge >= 0.3 is 5.97 Å². The Bertz CT molecular complexity index is 480. The first-order valence-electron chi connectivity index (χ1n) is 5.03. The minimum atomic E-state index is -0.344. The fourth-order valence-corrected chi connectivity index (χ4v) is 2.80. The number of hydrogen-bond acceptors (Lipinski definition) is 4. The number of rotatable bonds is 2. The number of carbonyl (C=O) groups is 1. The first-order valence-corrected chi connectivity index (χ1v) is 6.32. The first kappa shape index (κ1) is 12.1. The van der Waals surface area contributed by atoms with E-state index in [9.17, 15) is 4.79 Å². The van der Waals surface area contributed by atoms with Crippen molar-refractivity contribution in [3.05, 3.63) is 33.7 Å². The highest BCUT2D eigenvalue weighted by molar-refractivity contribution is 7.80. The van der Waals surface area contributed by atoms with E-state index < -0.39 is 0 Å². The van der Waals surface area contributed by atoms with E-state index in [4.69, 9.17) is 17.0 Å². The number of methoxy groups -OCH3 is 1. The van der Waals surface area contributed by atoms with Crippen molar-refractivity contribution >= 4 is 34.6 Å². The van der Waals surface area contributed by atoms with E-state index in [-0.39, 0.29) is 12.0 Å². The Morgan fingerprint density at radius 3 is 2.94 bits per heavy atom. The second-order valence-electron chi connectivity index (χ2n) is 3.58. The molecule has 1 aliphatic rings. The standard InChI is InChI=1S/C11H12N2O2S2/c1-6-8(10(14)15-2)9(13-11(16)12-6)7-4-3-5-17-7/h3-5,9H,1-2H3,(H2,12,13,16). The summed E-state index contributed by atoms with van der Waals surface area (Å²) >= 11 is 6.68. The maximum Gasteiger partial charge on any atom is 0.337 e. The number of ether oxygens (including phenoxy) is 1. The van der Waals surface area contributed by atoms with Gasteiger partial charge in [-0.25, -0.2) is 4.79 Å². The molecule has 0 aromatic carbocycles. The van der Waals surface area contributed by atoms with Gasteiger partial charge in [-0.15, -0.1) is 11.3 Å². The van der Waals surface area contributed by atoms with Crippen LogP contribution in [0.2, 0.25) is 0 Å². The summed E-state index contributed by atoms with van der Waals surface area (Å²) in [6.45, 7) is 1.82. The summed E-state index contributed by atoms with van der Waals surface area (Å²) in [6.07, 6.45) is 0. The molecule has 1 aromatic heterocycles. The van der Waals surface area contributed by atoms with Crippen LogP contribution in [0.5, 0.6) is 0 Å². The van der Waals surface area contributed by atoms with Crippen LogP contribution >= 0.6 is 23.6 Å². The number of nitrogens with one attached hydrogen (secondary N) is 2. The third kappa shape index (κ3) is 2.32. The largest absolute Gasteiger partial charge is 0.466 e. The van der Waals surface area contributed by atoms with Crippen LogP contribution < -0.4 is 10.6 Å². The van der Waals surface area contributed by atoms with E-state index >= 15 is 0 Å². The van der Waals surface area contributed by atoms with Crippen LogP contribution in [-0.2, 0) is 9.53 Å². The van der Waals surface area contributed by atoms with Gasteiger partial charge in [0, 0.05) is 10.6 Å². The highest BCUT2D eigenvalue weighted by Crippen LogP contribution is 2.30. The molecule has 0 bridgehead atoms. The molecule has 0 fully saturated rings. The van der Waals surface area contributed by atoms with E-state index in [1.165, 1.54) is 7.11 Å². The Morgan fingerprint density at radius 1 is 1.59 bits per heavy atom. The van der Waals surface area contributed by atoms with Crippen molar-refractivity contribution in [3.8, 4) is 0 Å². The molecule has 1 atom stereocenters. The zero-order chi connectivity index (χ0) is 12.4. The molecular formula is C11H12N2O2S2. The molecule has 0 radical (unpaired) electrons. The maximum absolute atomic E-state index is 11.8. The smallest absolute Gasteiger partial charge is 0.337 e. The van der Waals surface area contributed by atoms with Crippen molar-refractivity contribution in [2.24, 2.45) is 0 Å². The van der Waals surface area contributed by atoms with Crippen molar-refractivity contribution in [2.45, 2.75) is 13.0 Å². The quantitative estimate of drug-likeness (QED) is 0.632. The fraction of sp³-hybridized carbons (Fsp3) is 0.273. The van der Waals surface area contributed by atoms with E-state index in [1.54, 1.807) is 11.3 Å². The number of hydrogen-bond donors (Lipinski definition) is 2. The fourth-order valence-electron chi connectivity index (χ4n) is 1.74. The number of thiocarbonyl (C=S) groups is 1. The van der Waals surface area contributed by atoms with Crippen molar-refractivity contribution in [2.75, 3.05) is 7.11 Å². The number of thiophene rings is 1. The SMILES string of the molecule is COC(=O)C1=C(C)NC(=S)NC1c1cccs1. The second-order valence-corrected chi connectivity index (χ2v) is 4.96. The Hall–Kier alpha value is -1.40. The van der Waals surface area contributed by atoms with Crippen molar-refractivity contribution in [1.29, 1.82) is 0 Å². The number of esters is 1. The molecule has 6 heteroatoms. The molecule has 0 amide bonds. The summed E-state index contributed by atoms with van der Waals surface area (Å²) in [5.74, 6) is -0.344. The Labute approximate surface area is 109 Å². The van der Waals surface area contributed by atoms with Gasteiger partial charge in [0.2, 0.25) is 0 Å². The lowest BCUT2D eigenvalue weighted by Crippen LogP contribution is -2.44. The topological polar surface area (TPSA) is 50.4 Å². The molecule has 90 valence electrons. The number of allylic oxidation sites excluding steroid dienone is 1. The molecule has 1 unspecified atom stereocenters. The molecule has 0 saturated heterocycles. The Balaban J connectivity index is 2.44. The molecule has 0 saturated carbocycles. The average Bonchev–Trinajstić information content (AvgIpc) is 2.80. The lowest BCUT2D eigenvalue weighted by Gasteiger charge is -2.28. The molecule has 1 aliphatic heterocycles. The van der Waals surface area contributed by atoms with E-state index in [0.717, 1.165) is 10.6 Å². The summed E-state index contributed by atoms with van der Waals surface area (Å²) in [7, 11) is 1.38. The van der Waals surface area contributed by atoms with E-state index in [0.29, 0.717) is 10.7 Å².